The predicted octanol–water partition coefficient (Wildman–Crippen LogP) is 2.99. The number of carboxylic acid groups (broad SMARTS) is 1. The molecule has 7 nitrogen and oxygen atoms in total. The van der Waals surface area contributed by atoms with E-state index in [4.69, 9.17) is 4.74 Å². The van der Waals surface area contributed by atoms with E-state index in [0.29, 0.717) is 29.8 Å². The fourth-order valence-corrected chi connectivity index (χ4v) is 3.09. The van der Waals surface area contributed by atoms with Gasteiger partial charge in [-0.25, -0.2) is 14.8 Å². The first-order valence-corrected chi connectivity index (χ1v) is 8.07. The first-order chi connectivity index (χ1) is 11.2. The zero-order chi connectivity index (χ0) is 17.9. The van der Waals surface area contributed by atoms with E-state index in [2.05, 4.69) is 43.0 Å². The van der Waals surface area contributed by atoms with Crippen LogP contribution in [0.2, 0.25) is 0 Å². The van der Waals surface area contributed by atoms with Gasteiger partial charge in [-0.2, -0.15) is 0 Å². The summed E-state index contributed by atoms with van der Waals surface area (Å²) in [6.45, 7) is 9.45. The molecule has 0 aromatic carbocycles. The number of aliphatic carboxylic acids is 1. The van der Waals surface area contributed by atoms with E-state index in [1.165, 1.54) is 7.11 Å². The molecule has 0 aliphatic heterocycles. The molecule has 2 aromatic heterocycles. The number of carboxylic acids is 1. The summed E-state index contributed by atoms with van der Waals surface area (Å²) < 4.78 is 6.88. The Morgan fingerprint density at radius 1 is 1.46 bits per heavy atom. The second kappa shape index (κ2) is 7.17. The van der Waals surface area contributed by atoms with Crippen LogP contribution in [-0.4, -0.2) is 39.1 Å². The molecule has 0 radical (unpaired) electrons. The van der Waals surface area contributed by atoms with Crippen molar-refractivity contribution in [3.8, 4) is 0 Å². The highest BCUT2D eigenvalue weighted by molar-refractivity contribution is 5.76. The Hall–Kier alpha value is -2.15. The normalized spacial score (nSPS) is 13.4. The second-order valence-electron chi connectivity index (χ2n) is 7.21. The maximum atomic E-state index is 11.5. The standard InChI is InChI=1S/C17H26N4O3/c1-11(2)9-17(3,4)10-19-14-12(13(24-5)15(22)23)20-16-18-7-6-8-21(14)16/h6-8,11,13,19H,9-10H2,1-5H3,(H,22,23). The monoisotopic (exact) mass is 334 g/mol. The third-order valence-electron chi connectivity index (χ3n) is 3.83. The van der Waals surface area contributed by atoms with E-state index in [0.717, 1.165) is 6.42 Å². The molecule has 24 heavy (non-hydrogen) atoms. The quantitative estimate of drug-likeness (QED) is 0.771. The fourth-order valence-electron chi connectivity index (χ4n) is 3.09. The number of nitrogens with zero attached hydrogens (tertiary/aromatic N) is 3. The number of rotatable bonds is 8. The lowest BCUT2D eigenvalue weighted by Crippen LogP contribution is -2.26. The van der Waals surface area contributed by atoms with Crippen molar-refractivity contribution in [3.63, 3.8) is 0 Å². The molecule has 2 aromatic rings. The van der Waals surface area contributed by atoms with Gasteiger partial charge in [0.15, 0.2) is 6.10 Å². The van der Waals surface area contributed by atoms with Crippen LogP contribution < -0.4 is 5.32 Å². The van der Waals surface area contributed by atoms with Crippen molar-refractivity contribution >= 4 is 17.6 Å². The maximum Gasteiger partial charge on any atom is 0.339 e. The van der Waals surface area contributed by atoms with Crippen molar-refractivity contribution in [2.24, 2.45) is 11.3 Å². The van der Waals surface area contributed by atoms with E-state index < -0.39 is 12.1 Å². The Labute approximate surface area is 142 Å². The maximum absolute atomic E-state index is 11.5. The third kappa shape index (κ3) is 4.03. The predicted molar refractivity (Wildman–Crippen MR) is 92.1 cm³/mol. The summed E-state index contributed by atoms with van der Waals surface area (Å²) in [6.07, 6.45) is 3.35. The van der Waals surface area contributed by atoms with Crippen LogP contribution >= 0.6 is 0 Å². The van der Waals surface area contributed by atoms with Crippen LogP contribution in [-0.2, 0) is 9.53 Å². The van der Waals surface area contributed by atoms with Crippen molar-refractivity contribution in [1.82, 2.24) is 14.4 Å². The van der Waals surface area contributed by atoms with Crippen LogP contribution in [0, 0.1) is 11.3 Å². The van der Waals surface area contributed by atoms with E-state index in [1.54, 1.807) is 16.7 Å². The zero-order valence-corrected chi connectivity index (χ0v) is 14.9. The van der Waals surface area contributed by atoms with Crippen LogP contribution in [0.25, 0.3) is 5.78 Å². The summed E-state index contributed by atoms with van der Waals surface area (Å²) in [5.74, 6) is 0.561. The number of nitrogens with one attached hydrogen (secondary N) is 1. The Kier molecular flexibility index (Phi) is 5.43. The van der Waals surface area contributed by atoms with Gasteiger partial charge in [-0.05, 0) is 23.8 Å². The Balaban J connectivity index is 2.38. The number of methoxy groups -OCH3 is 1. The molecule has 0 fully saturated rings. The van der Waals surface area contributed by atoms with Gasteiger partial charge in [0.05, 0.1) is 0 Å². The highest BCUT2D eigenvalue weighted by Gasteiger charge is 2.29. The molecule has 1 unspecified atom stereocenters. The summed E-state index contributed by atoms with van der Waals surface area (Å²) >= 11 is 0. The van der Waals surface area contributed by atoms with Crippen molar-refractivity contribution in [2.45, 2.75) is 40.2 Å². The van der Waals surface area contributed by atoms with Gasteiger partial charge in [0.25, 0.3) is 0 Å². The van der Waals surface area contributed by atoms with Crippen LogP contribution in [0.5, 0.6) is 0 Å². The SMILES string of the molecule is COC(C(=O)O)c1nc2ncccn2c1NCC(C)(C)CC(C)C. The second-order valence-corrected chi connectivity index (χ2v) is 7.21. The molecule has 0 aliphatic carbocycles. The van der Waals surface area contributed by atoms with E-state index in [-0.39, 0.29) is 5.41 Å². The minimum atomic E-state index is -1.14. The average Bonchev–Trinajstić information content (AvgIpc) is 2.82. The van der Waals surface area contributed by atoms with Gasteiger partial charge < -0.3 is 15.2 Å². The first kappa shape index (κ1) is 18.2. The van der Waals surface area contributed by atoms with Gasteiger partial charge in [0, 0.05) is 26.0 Å². The van der Waals surface area contributed by atoms with Crippen molar-refractivity contribution in [3.05, 3.63) is 24.2 Å². The van der Waals surface area contributed by atoms with Gasteiger partial charge >= 0.3 is 5.97 Å². The van der Waals surface area contributed by atoms with Crippen molar-refractivity contribution < 1.29 is 14.6 Å². The minimum absolute atomic E-state index is 0.0591. The lowest BCUT2D eigenvalue weighted by Gasteiger charge is -2.27. The Morgan fingerprint density at radius 2 is 2.17 bits per heavy atom. The molecule has 132 valence electrons. The summed E-state index contributed by atoms with van der Waals surface area (Å²) in [7, 11) is 1.36. The van der Waals surface area contributed by atoms with Gasteiger partial charge in [-0.1, -0.05) is 27.7 Å². The number of carbonyl (C=O) groups is 1. The molecule has 1 atom stereocenters. The molecule has 0 saturated carbocycles. The summed E-state index contributed by atoms with van der Waals surface area (Å²) in [4.78, 5) is 20.0. The molecule has 0 saturated heterocycles. The summed E-state index contributed by atoms with van der Waals surface area (Å²) in [6, 6.07) is 1.78. The van der Waals surface area contributed by atoms with Crippen molar-refractivity contribution in [1.29, 1.82) is 0 Å². The molecule has 2 rings (SSSR count). The van der Waals surface area contributed by atoms with Gasteiger partial charge in [0.1, 0.15) is 11.5 Å². The summed E-state index contributed by atoms with van der Waals surface area (Å²) in [5, 5.41) is 12.8. The highest BCUT2D eigenvalue weighted by Crippen LogP contribution is 2.29. The lowest BCUT2D eigenvalue weighted by molar-refractivity contribution is -0.149. The number of fused-ring (bicyclic) bond motifs is 1. The molecule has 0 aliphatic rings. The molecule has 7 heteroatoms. The molecular weight excluding hydrogens is 308 g/mol. The summed E-state index contributed by atoms with van der Waals surface area (Å²) in [5.41, 5.74) is 0.396. The first-order valence-electron chi connectivity index (χ1n) is 8.07. The third-order valence-corrected chi connectivity index (χ3v) is 3.83. The number of aromatic nitrogens is 3. The van der Waals surface area contributed by atoms with Gasteiger partial charge in [-0.15, -0.1) is 0 Å². The van der Waals surface area contributed by atoms with E-state index in [1.807, 2.05) is 6.20 Å². The highest BCUT2D eigenvalue weighted by atomic mass is 16.5. The molecule has 2 heterocycles. The van der Waals surface area contributed by atoms with Crippen molar-refractivity contribution in [2.75, 3.05) is 19.0 Å². The van der Waals surface area contributed by atoms with Crippen LogP contribution in [0.15, 0.2) is 18.5 Å². The topological polar surface area (TPSA) is 88.8 Å². The fraction of sp³-hybridized carbons (Fsp3) is 0.588. The lowest BCUT2D eigenvalue weighted by atomic mass is 9.84. The number of hydrogen-bond donors (Lipinski definition) is 2. The van der Waals surface area contributed by atoms with Crippen LogP contribution in [0.4, 0.5) is 5.82 Å². The number of ether oxygens (including phenoxy) is 1. The van der Waals surface area contributed by atoms with Crippen LogP contribution in [0.3, 0.4) is 0 Å². The Bertz CT molecular complexity index is 709. The molecular formula is C17H26N4O3. The largest absolute Gasteiger partial charge is 0.479 e. The minimum Gasteiger partial charge on any atom is -0.479 e. The smallest absolute Gasteiger partial charge is 0.339 e. The molecule has 2 N–H and O–H groups in total. The molecule has 0 spiro atoms. The van der Waals surface area contributed by atoms with Gasteiger partial charge in [0.2, 0.25) is 5.78 Å². The molecule has 0 bridgehead atoms. The van der Waals surface area contributed by atoms with Gasteiger partial charge in [-0.3, -0.25) is 4.40 Å². The average molecular weight is 334 g/mol. The Morgan fingerprint density at radius 3 is 2.75 bits per heavy atom. The van der Waals surface area contributed by atoms with Crippen LogP contribution in [0.1, 0.15) is 45.9 Å². The zero-order valence-electron chi connectivity index (χ0n) is 14.9. The van der Waals surface area contributed by atoms with E-state index >= 15 is 0 Å². The van der Waals surface area contributed by atoms with E-state index in [9.17, 15) is 9.90 Å². The number of anilines is 1. The number of hydrogen-bond acceptors (Lipinski definition) is 5. The molecule has 0 amide bonds. The number of imidazole rings is 1.